The van der Waals surface area contributed by atoms with Crippen molar-refractivity contribution >= 4 is 53.1 Å². The van der Waals surface area contributed by atoms with Gasteiger partial charge >= 0.3 is 174 Å². The fourth-order valence-corrected chi connectivity index (χ4v) is 6.97. The van der Waals surface area contributed by atoms with E-state index in [0.29, 0.717) is 0 Å². The normalized spacial score (nSPS) is 9.85. The van der Waals surface area contributed by atoms with E-state index < -0.39 is 0 Å². The number of benzene rings is 4. The van der Waals surface area contributed by atoms with Gasteiger partial charge in [0.1, 0.15) is 0 Å². The summed E-state index contributed by atoms with van der Waals surface area (Å²) in [4.78, 5) is 0. The van der Waals surface area contributed by atoms with Gasteiger partial charge in [-0.1, -0.05) is 0 Å². The van der Waals surface area contributed by atoms with Gasteiger partial charge in [0, 0.05) is 0 Å². The van der Waals surface area contributed by atoms with Crippen molar-refractivity contribution in [2.24, 2.45) is 0 Å². The molecule has 0 aliphatic carbocycles. The van der Waals surface area contributed by atoms with Gasteiger partial charge in [-0.25, -0.2) is 0 Å². The molecule has 0 saturated carbocycles. The van der Waals surface area contributed by atoms with Crippen LogP contribution in [-0.2, 0) is 0 Å². The quantitative estimate of drug-likeness (QED) is 0.375. The number of rotatable bonds is 4. The second-order valence-electron chi connectivity index (χ2n) is 5.57. The second-order valence-corrected chi connectivity index (χ2v) is 11.8. The summed E-state index contributed by atoms with van der Waals surface area (Å²) in [5.74, 6) is 0. The minimum atomic E-state index is -0.335. The summed E-state index contributed by atoms with van der Waals surface area (Å²) in [6, 6.07) is 42.9. The molecule has 126 valence electrons. The molecule has 4 aromatic rings. The van der Waals surface area contributed by atoms with Crippen molar-refractivity contribution in [3.05, 3.63) is 121 Å². The Kier molecular flexibility index (Phi) is 8.10. The Labute approximate surface area is 173 Å². The van der Waals surface area contributed by atoms with E-state index in [-0.39, 0.29) is 37.4 Å². The van der Waals surface area contributed by atoms with Crippen LogP contribution in [0.2, 0.25) is 0 Å². The molecular weight excluding hydrogens is 485 g/mol. The van der Waals surface area contributed by atoms with Crippen LogP contribution >= 0.6 is 0 Å². The van der Waals surface area contributed by atoms with Crippen LogP contribution in [-0.4, -0.2) is 37.4 Å². The van der Waals surface area contributed by atoms with Gasteiger partial charge in [0.05, 0.1) is 0 Å². The van der Waals surface area contributed by atoms with Gasteiger partial charge in [0.2, 0.25) is 0 Å². The first kappa shape index (κ1) is 19.0. The molecule has 0 atom stereocenters. The van der Waals surface area contributed by atoms with Crippen molar-refractivity contribution in [3.8, 4) is 0 Å². The Morgan fingerprint density at radius 3 is 1.04 bits per heavy atom. The molecule has 0 unspecified atom stereocenters. The Balaban J connectivity index is 0.000000151. The van der Waals surface area contributed by atoms with Crippen molar-refractivity contribution in [1.29, 1.82) is 0 Å². The van der Waals surface area contributed by atoms with Crippen LogP contribution in [0.1, 0.15) is 0 Å². The minimum absolute atomic E-state index is 0.177. The monoisotopic (exact) mass is 504 g/mol. The standard InChI is InChI=1S/C12H10As.2C6H5.Sb/c1-3-7-11(8-4-1)13-12-9-5-2-6-10-12;2*1-2-4-6-5-3-1;/h1-10H;2*1-5H;. The van der Waals surface area contributed by atoms with Gasteiger partial charge in [-0.3, -0.25) is 0 Å². The molecular formula is C24H20AsSb. The van der Waals surface area contributed by atoms with Crippen LogP contribution in [0.4, 0.5) is 0 Å². The molecule has 4 aromatic carbocycles. The molecule has 0 aliphatic heterocycles. The van der Waals surface area contributed by atoms with Crippen LogP contribution in [0.3, 0.4) is 0 Å². The Bertz CT molecular complexity index is 711. The second kappa shape index (κ2) is 11.1. The molecule has 4 rings (SSSR count). The third kappa shape index (κ3) is 6.87. The van der Waals surface area contributed by atoms with Crippen LogP contribution < -0.4 is 15.7 Å². The predicted molar refractivity (Wildman–Crippen MR) is 116 cm³/mol. The van der Waals surface area contributed by atoms with Gasteiger partial charge in [0.25, 0.3) is 0 Å². The number of hydrogen-bond acceptors (Lipinski definition) is 0. The Hall–Kier alpha value is -1.74. The summed E-state index contributed by atoms with van der Waals surface area (Å²) in [6.07, 6.45) is 0. The summed E-state index contributed by atoms with van der Waals surface area (Å²) in [6.45, 7) is 0. The van der Waals surface area contributed by atoms with Gasteiger partial charge in [-0.15, -0.1) is 0 Å². The van der Waals surface area contributed by atoms with Crippen LogP contribution in [0, 0.1) is 0 Å². The van der Waals surface area contributed by atoms with Crippen molar-refractivity contribution < 1.29 is 0 Å². The van der Waals surface area contributed by atoms with Crippen molar-refractivity contribution in [1.82, 2.24) is 0 Å². The van der Waals surface area contributed by atoms with E-state index in [1.165, 1.54) is 15.7 Å². The maximum absolute atomic E-state index is 2.23. The molecule has 0 fully saturated rings. The van der Waals surface area contributed by atoms with Crippen LogP contribution in [0.15, 0.2) is 121 Å². The molecule has 0 heterocycles. The van der Waals surface area contributed by atoms with E-state index in [9.17, 15) is 0 Å². The number of hydrogen-bond donors (Lipinski definition) is 0. The molecule has 0 bridgehead atoms. The summed E-state index contributed by atoms with van der Waals surface area (Å²) >= 11 is -0.159. The summed E-state index contributed by atoms with van der Waals surface area (Å²) in [5, 5.41) is 0. The average molecular weight is 505 g/mol. The summed E-state index contributed by atoms with van der Waals surface area (Å²) in [7, 11) is 0. The average Bonchev–Trinajstić information content (AvgIpc) is 2.72. The van der Waals surface area contributed by atoms with Crippen molar-refractivity contribution in [2.45, 2.75) is 0 Å². The van der Waals surface area contributed by atoms with Crippen molar-refractivity contribution in [2.75, 3.05) is 0 Å². The summed E-state index contributed by atoms with van der Waals surface area (Å²) in [5.41, 5.74) is 0. The van der Waals surface area contributed by atoms with Crippen molar-refractivity contribution in [3.63, 3.8) is 0 Å². The first-order chi connectivity index (χ1) is 12.9. The summed E-state index contributed by atoms with van der Waals surface area (Å²) < 4.78 is 5.96. The zero-order valence-electron chi connectivity index (χ0n) is 14.4. The molecule has 0 nitrogen and oxygen atoms in total. The van der Waals surface area contributed by atoms with Gasteiger partial charge in [-0.05, 0) is 0 Å². The Morgan fingerprint density at radius 2 is 0.692 bits per heavy atom. The molecule has 2 heteroatoms. The third-order valence-electron chi connectivity index (χ3n) is 3.54. The first-order valence-electron chi connectivity index (χ1n) is 8.54. The van der Waals surface area contributed by atoms with E-state index in [2.05, 4.69) is 121 Å². The third-order valence-corrected chi connectivity index (χ3v) is 9.05. The van der Waals surface area contributed by atoms with E-state index in [1.54, 1.807) is 0 Å². The molecule has 0 N–H and O–H groups in total. The fraction of sp³-hybridized carbons (Fsp3) is 0. The topological polar surface area (TPSA) is 0 Å². The van der Waals surface area contributed by atoms with E-state index in [0.717, 1.165) is 0 Å². The SMILES string of the molecule is c1cc[c]([Sb][c]2ccccc2)cc1.c1ccc([As]c2ccccc2)cc1. The molecule has 2 radical (unpaired) electrons. The zero-order valence-corrected chi connectivity index (χ0v) is 18.9. The molecule has 0 saturated heterocycles. The Morgan fingerprint density at radius 1 is 0.385 bits per heavy atom. The van der Waals surface area contributed by atoms with Gasteiger partial charge < -0.3 is 0 Å². The van der Waals surface area contributed by atoms with Gasteiger partial charge in [-0.2, -0.15) is 0 Å². The molecule has 26 heavy (non-hydrogen) atoms. The molecule has 0 aromatic heterocycles. The maximum atomic E-state index is 2.23. The predicted octanol–water partition coefficient (Wildman–Crippen LogP) is 2.68. The first-order valence-corrected chi connectivity index (χ1v) is 13.0. The van der Waals surface area contributed by atoms with Gasteiger partial charge in [0.15, 0.2) is 0 Å². The molecule has 0 aliphatic rings. The van der Waals surface area contributed by atoms with Crippen LogP contribution in [0.25, 0.3) is 0 Å². The molecule has 0 spiro atoms. The van der Waals surface area contributed by atoms with Crippen LogP contribution in [0.5, 0.6) is 0 Å². The van der Waals surface area contributed by atoms with E-state index in [4.69, 9.17) is 0 Å². The zero-order chi connectivity index (χ0) is 17.9. The van der Waals surface area contributed by atoms with E-state index in [1.807, 2.05) is 0 Å². The van der Waals surface area contributed by atoms with E-state index >= 15 is 0 Å². The molecule has 0 amide bonds. The fourth-order valence-electron chi connectivity index (χ4n) is 2.31.